The van der Waals surface area contributed by atoms with Crippen LogP contribution in [0.3, 0.4) is 0 Å². The Hall–Kier alpha value is -1.66. The van der Waals surface area contributed by atoms with E-state index in [-0.39, 0.29) is 5.97 Å². The molecule has 2 aromatic rings. The number of thiophene rings is 1. The number of rotatable bonds is 6. The molecule has 0 saturated heterocycles. The zero-order valence-corrected chi connectivity index (χ0v) is 10.9. The fourth-order valence-electron chi connectivity index (χ4n) is 1.53. The normalized spacial score (nSPS) is 10.5. The van der Waals surface area contributed by atoms with Gasteiger partial charge in [-0.25, -0.2) is 4.98 Å². The first-order valence-electron chi connectivity index (χ1n) is 5.60. The van der Waals surface area contributed by atoms with Crippen LogP contribution in [0.25, 0.3) is 0 Å². The first-order valence-corrected chi connectivity index (χ1v) is 6.42. The third-order valence-corrected chi connectivity index (χ3v) is 3.52. The van der Waals surface area contributed by atoms with Crippen LogP contribution in [-0.4, -0.2) is 23.0 Å². The molecule has 0 aromatic carbocycles. The summed E-state index contributed by atoms with van der Waals surface area (Å²) < 4.78 is 4.63. The van der Waals surface area contributed by atoms with E-state index >= 15 is 0 Å². The van der Waals surface area contributed by atoms with Crippen LogP contribution in [0, 0.1) is 0 Å². The lowest BCUT2D eigenvalue weighted by atomic mass is 10.3. The highest BCUT2D eigenvalue weighted by Gasteiger charge is 2.06. The first-order chi connectivity index (χ1) is 8.78. The van der Waals surface area contributed by atoms with E-state index in [1.165, 1.54) is 12.0 Å². The topological polar surface area (TPSA) is 67.0 Å². The average molecular weight is 265 g/mol. The van der Waals surface area contributed by atoms with Crippen molar-refractivity contribution in [1.29, 1.82) is 0 Å². The number of methoxy groups -OCH3 is 1. The Morgan fingerprint density at radius 1 is 1.44 bits per heavy atom. The van der Waals surface area contributed by atoms with Crippen molar-refractivity contribution in [2.45, 2.75) is 19.5 Å². The second-order valence-electron chi connectivity index (χ2n) is 3.80. The van der Waals surface area contributed by atoms with Gasteiger partial charge in [0.05, 0.1) is 19.9 Å². The number of H-pyrrole nitrogens is 1. The molecule has 0 bridgehead atoms. The Kier molecular flexibility index (Phi) is 4.49. The Bertz CT molecular complexity index is 493. The molecule has 0 saturated carbocycles. The maximum atomic E-state index is 11.1. The molecule has 0 radical (unpaired) electrons. The number of imidazole rings is 1. The van der Waals surface area contributed by atoms with E-state index in [9.17, 15) is 4.79 Å². The third-order valence-electron chi connectivity index (χ3n) is 2.43. The van der Waals surface area contributed by atoms with Crippen molar-refractivity contribution >= 4 is 17.3 Å². The number of esters is 1. The molecule has 0 aliphatic rings. The number of nitrogens with one attached hydrogen (secondary N) is 2. The number of carbonyl (C=O) groups is 1. The highest BCUT2D eigenvalue weighted by molar-refractivity contribution is 7.12. The SMILES string of the molecule is COC(=O)Cc1ccc(CNCc2cnc[nH]2)s1. The standard InChI is InChI=1S/C12H15N3O2S/c1-17-12(16)4-10-2-3-11(18-10)7-13-5-9-6-14-8-15-9/h2-3,6,8,13H,4-5,7H2,1H3,(H,14,15). The highest BCUT2D eigenvalue weighted by Crippen LogP contribution is 2.17. The average Bonchev–Trinajstić information content (AvgIpc) is 3.01. The quantitative estimate of drug-likeness (QED) is 0.776. The van der Waals surface area contributed by atoms with Crippen molar-refractivity contribution in [2.24, 2.45) is 0 Å². The number of ether oxygens (including phenoxy) is 1. The summed E-state index contributed by atoms with van der Waals surface area (Å²) in [6, 6.07) is 4.00. The van der Waals surface area contributed by atoms with Gasteiger partial charge >= 0.3 is 5.97 Å². The van der Waals surface area contributed by atoms with E-state index in [0.29, 0.717) is 6.42 Å². The van der Waals surface area contributed by atoms with E-state index in [0.717, 1.165) is 23.7 Å². The van der Waals surface area contributed by atoms with Crippen molar-refractivity contribution in [3.8, 4) is 0 Å². The molecular formula is C12H15N3O2S. The maximum absolute atomic E-state index is 11.1. The predicted octanol–water partition coefficient (Wildman–Crippen LogP) is 1.48. The van der Waals surface area contributed by atoms with Crippen molar-refractivity contribution in [2.75, 3.05) is 7.11 Å². The summed E-state index contributed by atoms with van der Waals surface area (Å²) in [5, 5.41) is 3.31. The van der Waals surface area contributed by atoms with Gasteiger partial charge < -0.3 is 15.0 Å². The lowest BCUT2D eigenvalue weighted by molar-refractivity contribution is -0.139. The second-order valence-corrected chi connectivity index (χ2v) is 5.05. The van der Waals surface area contributed by atoms with Crippen LogP contribution in [0.1, 0.15) is 15.4 Å². The molecule has 5 nitrogen and oxygen atoms in total. The van der Waals surface area contributed by atoms with Crippen molar-refractivity contribution in [3.63, 3.8) is 0 Å². The third kappa shape index (κ3) is 3.68. The Labute approximate surface area is 109 Å². The Morgan fingerprint density at radius 3 is 3.00 bits per heavy atom. The minimum atomic E-state index is -0.200. The van der Waals surface area contributed by atoms with Crippen LogP contribution < -0.4 is 5.32 Å². The number of carbonyl (C=O) groups excluding carboxylic acids is 1. The molecule has 96 valence electrons. The molecular weight excluding hydrogens is 250 g/mol. The lowest BCUT2D eigenvalue weighted by Gasteiger charge is -2.00. The monoisotopic (exact) mass is 265 g/mol. The van der Waals surface area contributed by atoms with E-state index in [4.69, 9.17) is 0 Å². The largest absolute Gasteiger partial charge is 0.469 e. The number of nitrogens with zero attached hydrogens (tertiary/aromatic N) is 1. The Morgan fingerprint density at radius 2 is 2.28 bits per heavy atom. The van der Waals surface area contributed by atoms with Gasteiger partial charge in [-0.05, 0) is 12.1 Å². The van der Waals surface area contributed by atoms with Crippen LogP contribution >= 0.6 is 11.3 Å². The maximum Gasteiger partial charge on any atom is 0.310 e. The van der Waals surface area contributed by atoms with Crippen LogP contribution in [0.4, 0.5) is 0 Å². The summed E-state index contributed by atoms with van der Waals surface area (Å²) in [7, 11) is 1.41. The summed E-state index contributed by atoms with van der Waals surface area (Å²) >= 11 is 1.62. The molecule has 2 heterocycles. The number of aromatic amines is 1. The summed E-state index contributed by atoms with van der Waals surface area (Å²) in [5.41, 5.74) is 1.06. The summed E-state index contributed by atoms with van der Waals surface area (Å²) in [6.07, 6.45) is 3.81. The molecule has 2 aromatic heterocycles. The number of hydrogen-bond donors (Lipinski definition) is 2. The second kappa shape index (κ2) is 6.32. The molecule has 6 heteroatoms. The van der Waals surface area contributed by atoms with Crippen LogP contribution in [0.2, 0.25) is 0 Å². The molecule has 0 amide bonds. The van der Waals surface area contributed by atoms with Gasteiger partial charge in [0.1, 0.15) is 0 Å². The van der Waals surface area contributed by atoms with Crippen molar-refractivity contribution in [3.05, 3.63) is 40.1 Å². The molecule has 2 N–H and O–H groups in total. The first kappa shape index (κ1) is 12.8. The van der Waals surface area contributed by atoms with Crippen molar-refractivity contribution in [1.82, 2.24) is 15.3 Å². The van der Waals surface area contributed by atoms with Crippen molar-refractivity contribution < 1.29 is 9.53 Å². The molecule has 0 atom stereocenters. The molecule has 0 aliphatic heterocycles. The van der Waals surface area contributed by atoms with E-state index in [2.05, 4.69) is 20.0 Å². The summed E-state index contributed by atoms with van der Waals surface area (Å²) in [4.78, 5) is 20.3. The van der Waals surface area contributed by atoms with Crippen LogP contribution in [0.15, 0.2) is 24.7 Å². The molecule has 2 rings (SSSR count). The zero-order chi connectivity index (χ0) is 12.8. The molecule has 0 aliphatic carbocycles. The van der Waals surface area contributed by atoms with Gasteiger partial charge in [0.25, 0.3) is 0 Å². The molecule has 0 unspecified atom stereocenters. The van der Waals surface area contributed by atoms with Gasteiger partial charge in [0, 0.05) is 34.7 Å². The number of aromatic nitrogens is 2. The molecule has 18 heavy (non-hydrogen) atoms. The van der Waals surface area contributed by atoms with Gasteiger partial charge in [-0.15, -0.1) is 11.3 Å². The molecule has 0 fully saturated rings. The van der Waals surface area contributed by atoms with Gasteiger partial charge in [-0.2, -0.15) is 0 Å². The summed E-state index contributed by atoms with van der Waals surface area (Å²) in [6.45, 7) is 1.54. The zero-order valence-electron chi connectivity index (χ0n) is 10.1. The van der Waals surface area contributed by atoms with Crippen LogP contribution in [-0.2, 0) is 29.0 Å². The van der Waals surface area contributed by atoms with Gasteiger partial charge in [0.2, 0.25) is 0 Å². The summed E-state index contributed by atoms with van der Waals surface area (Å²) in [5.74, 6) is -0.200. The minimum absolute atomic E-state index is 0.200. The van der Waals surface area contributed by atoms with E-state index < -0.39 is 0 Å². The number of hydrogen-bond acceptors (Lipinski definition) is 5. The van der Waals surface area contributed by atoms with E-state index in [1.807, 2.05) is 12.1 Å². The molecule has 0 spiro atoms. The van der Waals surface area contributed by atoms with E-state index in [1.54, 1.807) is 23.9 Å². The van der Waals surface area contributed by atoms with Gasteiger partial charge in [0.15, 0.2) is 0 Å². The van der Waals surface area contributed by atoms with Gasteiger partial charge in [-0.3, -0.25) is 4.79 Å². The van der Waals surface area contributed by atoms with Gasteiger partial charge in [-0.1, -0.05) is 0 Å². The Balaban J connectivity index is 1.78. The predicted molar refractivity (Wildman–Crippen MR) is 69.2 cm³/mol. The fraction of sp³-hybridized carbons (Fsp3) is 0.333. The van der Waals surface area contributed by atoms with Crippen LogP contribution in [0.5, 0.6) is 0 Å². The lowest BCUT2D eigenvalue weighted by Crippen LogP contribution is -2.11. The highest BCUT2D eigenvalue weighted by atomic mass is 32.1. The fourth-order valence-corrected chi connectivity index (χ4v) is 2.50. The smallest absolute Gasteiger partial charge is 0.310 e. The minimum Gasteiger partial charge on any atom is -0.469 e.